The van der Waals surface area contributed by atoms with Crippen LogP contribution >= 0.6 is 0 Å². The maximum atomic E-state index is 12.8. The average Bonchev–Trinajstić information content (AvgIpc) is 2.52. The average molecular weight is 316 g/mol. The summed E-state index contributed by atoms with van der Waals surface area (Å²) >= 11 is 0. The summed E-state index contributed by atoms with van der Waals surface area (Å²) in [4.78, 5) is 17.7. The molecule has 122 valence electrons. The topological polar surface area (TPSA) is 71.2 Å². The predicted octanol–water partition coefficient (Wildman–Crippen LogP) is 1.39. The summed E-state index contributed by atoms with van der Waals surface area (Å²) < 4.78 is 38.3. The van der Waals surface area contributed by atoms with Crippen molar-refractivity contribution in [1.82, 2.24) is 10.3 Å². The highest BCUT2D eigenvalue weighted by Gasteiger charge is 2.32. The van der Waals surface area contributed by atoms with Gasteiger partial charge in [-0.2, -0.15) is 13.2 Å². The molecule has 1 saturated heterocycles. The first-order valence-electron chi connectivity index (χ1n) is 7.18. The lowest BCUT2D eigenvalue weighted by molar-refractivity contribution is -0.137. The van der Waals surface area contributed by atoms with Gasteiger partial charge in [0.15, 0.2) is 0 Å². The van der Waals surface area contributed by atoms with Crippen molar-refractivity contribution in [3.8, 4) is 0 Å². The van der Waals surface area contributed by atoms with Crippen molar-refractivity contribution in [2.75, 3.05) is 31.1 Å². The smallest absolute Gasteiger partial charge is 0.356 e. The number of nitrogens with one attached hydrogen (secondary N) is 1. The minimum Gasteiger partial charge on any atom is -0.356 e. The molecule has 1 aliphatic rings. The van der Waals surface area contributed by atoms with Crippen LogP contribution in [0.5, 0.6) is 0 Å². The van der Waals surface area contributed by atoms with Crippen molar-refractivity contribution in [2.24, 2.45) is 11.7 Å². The summed E-state index contributed by atoms with van der Waals surface area (Å²) in [6.07, 6.45) is -1.80. The fraction of sp³-hybridized carbons (Fsp3) is 0.571. The van der Waals surface area contributed by atoms with Gasteiger partial charge in [0.05, 0.1) is 11.5 Å². The van der Waals surface area contributed by atoms with E-state index in [1.807, 2.05) is 0 Å². The van der Waals surface area contributed by atoms with Gasteiger partial charge in [0.2, 0.25) is 5.91 Å². The van der Waals surface area contributed by atoms with E-state index in [1.165, 1.54) is 0 Å². The van der Waals surface area contributed by atoms with E-state index in [0.29, 0.717) is 32.6 Å². The molecule has 0 saturated carbocycles. The van der Waals surface area contributed by atoms with Gasteiger partial charge >= 0.3 is 6.18 Å². The Morgan fingerprint density at radius 1 is 1.50 bits per heavy atom. The van der Waals surface area contributed by atoms with Gasteiger partial charge in [-0.05, 0) is 25.0 Å². The molecule has 22 heavy (non-hydrogen) atoms. The van der Waals surface area contributed by atoms with E-state index in [1.54, 1.807) is 4.90 Å². The SMILES string of the molecule is NCCNC(=O)C1CCCN(c2cc(C(F)(F)F)ccn2)C1. The highest BCUT2D eigenvalue weighted by Crippen LogP contribution is 2.31. The molecule has 1 aromatic heterocycles. The largest absolute Gasteiger partial charge is 0.416 e. The van der Waals surface area contributed by atoms with Crippen LogP contribution in [0.2, 0.25) is 0 Å². The third kappa shape index (κ3) is 4.09. The minimum absolute atomic E-state index is 0.109. The maximum absolute atomic E-state index is 12.8. The van der Waals surface area contributed by atoms with E-state index < -0.39 is 11.7 Å². The zero-order chi connectivity index (χ0) is 16.2. The first-order valence-corrected chi connectivity index (χ1v) is 7.18. The van der Waals surface area contributed by atoms with Crippen LogP contribution < -0.4 is 16.0 Å². The van der Waals surface area contributed by atoms with E-state index in [-0.39, 0.29) is 17.6 Å². The first kappa shape index (κ1) is 16.5. The number of carbonyl (C=O) groups is 1. The monoisotopic (exact) mass is 316 g/mol. The Bertz CT molecular complexity index is 521. The summed E-state index contributed by atoms with van der Waals surface area (Å²) in [5, 5.41) is 2.72. The van der Waals surface area contributed by atoms with Gasteiger partial charge in [-0.25, -0.2) is 4.98 Å². The van der Waals surface area contributed by atoms with E-state index in [2.05, 4.69) is 10.3 Å². The number of halogens is 3. The molecule has 1 amide bonds. The second-order valence-electron chi connectivity index (χ2n) is 5.27. The number of hydrogen-bond donors (Lipinski definition) is 2. The molecule has 3 N–H and O–H groups in total. The molecule has 0 radical (unpaired) electrons. The Kier molecular flexibility index (Phi) is 5.23. The zero-order valence-corrected chi connectivity index (χ0v) is 12.1. The summed E-state index contributed by atoms with van der Waals surface area (Å²) in [5.74, 6) is -0.107. The third-order valence-electron chi connectivity index (χ3n) is 3.63. The van der Waals surface area contributed by atoms with Crippen LogP contribution in [-0.4, -0.2) is 37.1 Å². The fourth-order valence-corrected chi connectivity index (χ4v) is 2.51. The Labute approximate surface area is 126 Å². The predicted molar refractivity (Wildman–Crippen MR) is 76.2 cm³/mol. The number of carbonyl (C=O) groups excluding carboxylic acids is 1. The molecule has 2 heterocycles. The van der Waals surface area contributed by atoms with E-state index in [9.17, 15) is 18.0 Å². The van der Waals surface area contributed by atoms with Crippen LogP contribution in [0, 0.1) is 5.92 Å². The van der Waals surface area contributed by atoms with Crippen LogP contribution in [0.1, 0.15) is 18.4 Å². The molecule has 0 spiro atoms. The first-order chi connectivity index (χ1) is 10.4. The number of amides is 1. The van der Waals surface area contributed by atoms with E-state index >= 15 is 0 Å². The van der Waals surface area contributed by atoms with Crippen molar-refractivity contribution in [3.05, 3.63) is 23.9 Å². The van der Waals surface area contributed by atoms with Crippen molar-refractivity contribution in [1.29, 1.82) is 0 Å². The number of nitrogens with two attached hydrogens (primary N) is 1. The van der Waals surface area contributed by atoms with Crippen LogP contribution in [-0.2, 0) is 11.0 Å². The molecule has 1 unspecified atom stereocenters. The van der Waals surface area contributed by atoms with Crippen LogP contribution in [0.3, 0.4) is 0 Å². The molecule has 0 aliphatic carbocycles. The number of hydrogen-bond acceptors (Lipinski definition) is 4. The van der Waals surface area contributed by atoms with E-state index in [0.717, 1.165) is 24.8 Å². The molecule has 0 bridgehead atoms. The number of pyridine rings is 1. The Hall–Kier alpha value is -1.83. The van der Waals surface area contributed by atoms with E-state index in [4.69, 9.17) is 5.73 Å². The number of alkyl halides is 3. The van der Waals surface area contributed by atoms with Gasteiger partial charge in [0.1, 0.15) is 5.82 Å². The number of anilines is 1. The second kappa shape index (κ2) is 6.95. The lowest BCUT2D eigenvalue weighted by Crippen LogP contribution is -2.44. The molecule has 2 rings (SSSR count). The number of nitrogens with zero attached hydrogens (tertiary/aromatic N) is 2. The van der Waals surface area contributed by atoms with Crippen LogP contribution in [0.15, 0.2) is 18.3 Å². The number of aromatic nitrogens is 1. The van der Waals surface area contributed by atoms with Gasteiger partial charge in [0, 0.05) is 32.4 Å². The highest BCUT2D eigenvalue weighted by molar-refractivity contribution is 5.79. The molecule has 8 heteroatoms. The van der Waals surface area contributed by atoms with Gasteiger partial charge in [-0.3, -0.25) is 4.79 Å². The van der Waals surface area contributed by atoms with Gasteiger partial charge in [0.25, 0.3) is 0 Å². The molecule has 1 aromatic rings. The number of piperidine rings is 1. The summed E-state index contributed by atoms with van der Waals surface area (Å²) in [6.45, 7) is 1.72. The standard InChI is InChI=1S/C14H19F3N4O/c15-14(16,17)11-3-5-19-12(8-11)21-7-1-2-10(9-21)13(22)20-6-4-18/h3,5,8,10H,1-2,4,6-7,9,18H2,(H,20,22). The van der Waals surface area contributed by atoms with Gasteiger partial charge in [-0.15, -0.1) is 0 Å². The Morgan fingerprint density at radius 2 is 2.27 bits per heavy atom. The van der Waals surface area contributed by atoms with Crippen LogP contribution in [0.25, 0.3) is 0 Å². The molecule has 0 aromatic carbocycles. The maximum Gasteiger partial charge on any atom is 0.416 e. The summed E-state index contributed by atoms with van der Waals surface area (Å²) in [7, 11) is 0. The highest BCUT2D eigenvalue weighted by atomic mass is 19.4. The molecule has 1 aliphatic heterocycles. The lowest BCUT2D eigenvalue weighted by Gasteiger charge is -2.33. The minimum atomic E-state index is -4.40. The molecular weight excluding hydrogens is 297 g/mol. The Morgan fingerprint density at radius 3 is 2.95 bits per heavy atom. The zero-order valence-electron chi connectivity index (χ0n) is 12.1. The van der Waals surface area contributed by atoms with Crippen LogP contribution in [0.4, 0.5) is 19.0 Å². The fourth-order valence-electron chi connectivity index (χ4n) is 2.51. The second-order valence-corrected chi connectivity index (χ2v) is 5.27. The van der Waals surface area contributed by atoms with Gasteiger partial charge in [-0.1, -0.05) is 0 Å². The van der Waals surface area contributed by atoms with Gasteiger partial charge < -0.3 is 16.0 Å². The number of rotatable bonds is 4. The molecular formula is C14H19F3N4O. The Balaban J connectivity index is 2.08. The lowest BCUT2D eigenvalue weighted by atomic mass is 9.97. The third-order valence-corrected chi connectivity index (χ3v) is 3.63. The quantitative estimate of drug-likeness (QED) is 0.881. The van der Waals surface area contributed by atoms with Crippen molar-refractivity contribution in [3.63, 3.8) is 0 Å². The van der Waals surface area contributed by atoms with Crippen molar-refractivity contribution < 1.29 is 18.0 Å². The summed E-state index contributed by atoms with van der Waals surface area (Å²) in [6, 6.07) is 1.97. The molecule has 1 fully saturated rings. The summed E-state index contributed by atoms with van der Waals surface area (Å²) in [5.41, 5.74) is 4.61. The van der Waals surface area contributed by atoms with Crippen molar-refractivity contribution >= 4 is 11.7 Å². The molecule has 1 atom stereocenters. The molecule has 5 nitrogen and oxygen atoms in total. The normalized spacial score (nSPS) is 19.1. The van der Waals surface area contributed by atoms with Crippen molar-refractivity contribution in [2.45, 2.75) is 19.0 Å².